The summed E-state index contributed by atoms with van der Waals surface area (Å²) in [6.45, 7) is 1.96. The van der Waals surface area contributed by atoms with Crippen molar-refractivity contribution in [3.05, 3.63) is 96.1 Å². The predicted molar refractivity (Wildman–Crippen MR) is 105 cm³/mol. The van der Waals surface area contributed by atoms with Crippen molar-refractivity contribution >= 4 is 11.9 Å². The number of esters is 1. The zero-order chi connectivity index (χ0) is 19.1. The molecule has 0 spiro atoms. The maximum absolute atomic E-state index is 12.3. The maximum Gasteiger partial charge on any atom is 0.338 e. The molecule has 4 nitrogen and oxygen atoms in total. The molecule has 0 unspecified atom stereocenters. The van der Waals surface area contributed by atoms with Gasteiger partial charge in [-0.1, -0.05) is 72.8 Å². The molecule has 0 aliphatic carbocycles. The van der Waals surface area contributed by atoms with Crippen molar-refractivity contribution in [2.75, 3.05) is 0 Å². The number of carbonyl (C=O) groups is 2. The topological polar surface area (TPSA) is 55.4 Å². The van der Waals surface area contributed by atoms with Gasteiger partial charge in [-0.3, -0.25) is 4.79 Å². The SMILES string of the molecule is C[C@H](OC(=O)c1ccc(-c2ccccc2)cc1)C(=O)NCc1ccccc1. The number of benzene rings is 3. The lowest BCUT2D eigenvalue weighted by atomic mass is 10.0. The minimum atomic E-state index is -0.866. The monoisotopic (exact) mass is 359 g/mol. The van der Waals surface area contributed by atoms with Crippen molar-refractivity contribution in [3.8, 4) is 11.1 Å². The second kappa shape index (κ2) is 8.81. The van der Waals surface area contributed by atoms with Crippen molar-refractivity contribution in [2.45, 2.75) is 19.6 Å². The molecule has 0 aliphatic rings. The van der Waals surface area contributed by atoms with E-state index in [0.29, 0.717) is 12.1 Å². The van der Waals surface area contributed by atoms with Crippen LogP contribution in [0, 0.1) is 0 Å². The van der Waals surface area contributed by atoms with Gasteiger partial charge in [-0.25, -0.2) is 4.79 Å². The molecular formula is C23H21NO3. The summed E-state index contributed by atoms with van der Waals surface area (Å²) in [5, 5.41) is 2.77. The third-order valence-electron chi connectivity index (χ3n) is 4.19. The van der Waals surface area contributed by atoms with E-state index in [4.69, 9.17) is 4.74 Å². The van der Waals surface area contributed by atoms with Gasteiger partial charge >= 0.3 is 5.97 Å². The minimum Gasteiger partial charge on any atom is -0.449 e. The third-order valence-corrected chi connectivity index (χ3v) is 4.19. The third kappa shape index (κ3) is 5.05. The number of rotatable bonds is 6. The molecule has 4 heteroatoms. The molecule has 0 saturated heterocycles. The fourth-order valence-electron chi connectivity index (χ4n) is 2.64. The lowest BCUT2D eigenvalue weighted by molar-refractivity contribution is -0.129. The molecule has 3 aromatic rings. The molecule has 136 valence electrons. The Labute approximate surface area is 158 Å². The summed E-state index contributed by atoms with van der Waals surface area (Å²) in [6.07, 6.45) is -0.866. The van der Waals surface area contributed by atoms with Gasteiger partial charge in [-0.05, 0) is 35.7 Å². The first-order valence-corrected chi connectivity index (χ1v) is 8.81. The Morgan fingerprint density at radius 1 is 0.815 bits per heavy atom. The van der Waals surface area contributed by atoms with E-state index in [-0.39, 0.29) is 5.91 Å². The number of amides is 1. The molecular weight excluding hydrogens is 338 g/mol. The van der Waals surface area contributed by atoms with Gasteiger partial charge in [0.05, 0.1) is 5.56 Å². The first-order valence-electron chi connectivity index (χ1n) is 8.81. The molecule has 0 fully saturated rings. The summed E-state index contributed by atoms with van der Waals surface area (Å²) in [4.78, 5) is 24.4. The second-order valence-electron chi connectivity index (χ2n) is 6.19. The molecule has 0 heterocycles. The van der Waals surface area contributed by atoms with E-state index in [1.807, 2.05) is 72.8 Å². The molecule has 1 atom stereocenters. The summed E-state index contributed by atoms with van der Waals surface area (Å²) in [5.74, 6) is -0.843. The smallest absolute Gasteiger partial charge is 0.338 e. The Balaban J connectivity index is 1.55. The van der Waals surface area contributed by atoms with Gasteiger partial charge in [-0.2, -0.15) is 0 Å². The van der Waals surface area contributed by atoms with Crippen LogP contribution in [0.4, 0.5) is 0 Å². The number of nitrogens with one attached hydrogen (secondary N) is 1. The summed E-state index contributed by atoms with van der Waals surface area (Å²) >= 11 is 0. The lowest BCUT2D eigenvalue weighted by Gasteiger charge is -2.14. The van der Waals surface area contributed by atoms with Crippen molar-refractivity contribution < 1.29 is 14.3 Å². The van der Waals surface area contributed by atoms with Gasteiger partial charge in [0, 0.05) is 6.54 Å². The van der Waals surface area contributed by atoms with Crippen LogP contribution in [-0.4, -0.2) is 18.0 Å². The van der Waals surface area contributed by atoms with Gasteiger partial charge in [-0.15, -0.1) is 0 Å². The number of ether oxygens (including phenoxy) is 1. The van der Waals surface area contributed by atoms with E-state index < -0.39 is 12.1 Å². The number of carbonyl (C=O) groups excluding carboxylic acids is 2. The fraction of sp³-hybridized carbons (Fsp3) is 0.130. The first-order chi connectivity index (χ1) is 13.1. The van der Waals surface area contributed by atoms with E-state index in [2.05, 4.69) is 5.32 Å². The highest BCUT2D eigenvalue weighted by Gasteiger charge is 2.18. The van der Waals surface area contributed by atoms with E-state index in [0.717, 1.165) is 16.7 Å². The van der Waals surface area contributed by atoms with Crippen molar-refractivity contribution in [1.29, 1.82) is 0 Å². The average molecular weight is 359 g/mol. The average Bonchev–Trinajstić information content (AvgIpc) is 2.73. The molecule has 3 rings (SSSR count). The molecule has 3 aromatic carbocycles. The second-order valence-corrected chi connectivity index (χ2v) is 6.19. The number of hydrogen-bond donors (Lipinski definition) is 1. The van der Waals surface area contributed by atoms with Crippen LogP contribution < -0.4 is 5.32 Å². The van der Waals surface area contributed by atoms with Gasteiger partial charge < -0.3 is 10.1 Å². The molecule has 0 aliphatic heterocycles. The van der Waals surface area contributed by atoms with Gasteiger partial charge in [0.1, 0.15) is 0 Å². The van der Waals surface area contributed by atoms with Crippen LogP contribution in [-0.2, 0) is 16.1 Å². The van der Waals surface area contributed by atoms with Crippen LogP contribution >= 0.6 is 0 Å². The van der Waals surface area contributed by atoms with E-state index in [1.165, 1.54) is 0 Å². The molecule has 27 heavy (non-hydrogen) atoms. The quantitative estimate of drug-likeness (QED) is 0.671. The maximum atomic E-state index is 12.3. The molecule has 0 saturated carbocycles. The molecule has 0 radical (unpaired) electrons. The summed E-state index contributed by atoms with van der Waals surface area (Å²) in [6, 6.07) is 26.6. The van der Waals surface area contributed by atoms with Gasteiger partial charge in [0.15, 0.2) is 6.10 Å². The highest BCUT2D eigenvalue weighted by Crippen LogP contribution is 2.19. The molecule has 0 aromatic heterocycles. The van der Waals surface area contributed by atoms with Crippen LogP contribution in [0.3, 0.4) is 0 Å². The largest absolute Gasteiger partial charge is 0.449 e. The van der Waals surface area contributed by atoms with E-state index in [9.17, 15) is 9.59 Å². The normalized spacial score (nSPS) is 11.4. The Kier molecular flexibility index (Phi) is 6.00. The standard InChI is InChI=1S/C23H21NO3/c1-17(22(25)24-16-18-8-4-2-5-9-18)27-23(26)21-14-12-20(13-15-21)19-10-6-3-7-11-19/h2-15,17H,16H2,1H3,(H,24,25)/t17-/m0/s1. The fourth-order valence-corrected chi connectivity index (χ4v) is 2.64. The molecule has 1 amide bonds. The summed E-state index contributed by atoms with van der Waals surface area (Å²) in [7, 11) is 0. The Morgan fingerprint density at radius 3 is 2.00 bits per heavy atom. The lowest BCUT2D eigenvalue weighted by Crippen LogP contribution is -2.35. The predicted octanol–water partition coefficient (Wildman–Crippen LogP) is 4.22. The van der Waals surface area contributed by atoms with Crippen molar-refractivity contribution in [1.82, 2.24) is 5.32 Å². The molecule has 1 N–H and O–H groups in total. The Bertz CT molecular complexity index is 890. The van der Waals surface area contributed by atoms with Gasteiger partial charge in [0.2, 0.25) is 0 Å². The van der Waals surface area contributed by atoms with E-state index >= 15 is 0 Å². The number of hydrogen-bond acceptors (Lipinski definition) is 3. The summed E-state index contributed by atoms with van der Waals surface area (Å²) in [5.41, 5.74) is 3.49. The minimum absolute atomic E-state index is 0.326. The zero-order valence-electron chi connectivity index (χ0n) is 15.1. The van der Waals surface area contributed by atoms with Crippen LogP contribution in [0.25, 0.3) is 11.1 Å². The van der Waals surface area contributed by atoms with Crippen LogP contribution in [0.15, 0.2) is 84.9 Å². The highest BCUT2D eigenvalue weighted by molar-refractivity contribution is 5.92. The zero-order valence-corrected chi connectivity index (χ0v) is 15.1. The van der Waals surface area contributed by atoms with Crippen molar-refractivity contribution in [3.63, 3.8) is 0 Å². The van der Waals surface area contributed by atoms with Crippen LogP contribution in [0.1, 0.15) is 22.8 Å². The highest BCUT2D eigenvalue weighted by atomic mass is 16.5. The summed E-state index contributed by atoms with van der Waals surface area (Å²) < 4.78 is 5.28. The van der Waals surface area contributed by atoms with E-state index in [1.54, 1.807) is 19.1 Å². The van der Waals surface area contributed by atoms with Crippen molar-refractivity contribution in [2.24, 2.45) is 0 Å². The molecule has 0 bridgehead atoms. The van der Waals surface area contributed by atoms with Crippen LogP contribution in [0.5, 0.6) is 0 Å². The Hall–Kier alpha value is -3.40. The first kappa shape index (κ1) is 18.4. The Morgan fingerprint density at radius 2 is 1.37 bits per heavy atom. The van der Waals surface area contributed by atoms with Crippen LogP contribution in [0.2, 0.25) is 0 Å². The van der Waals surface area contributed by atoms with Gasteiger partial charge in [0.25, 0.3) is 5.91 Å².